The van der Waals surface area contributed by atoms with Crippen LogP contribution < -0.4 is 0 Å². The van der Waals surface area contributed by atoms with Crippen LogP contribution in [-0.2, 0) is 13.5 Å². The minimum atomic E-state index is -1.51. The lowest BCUT2D eigenvalue weighted by atomic mass is 9.95. The van der Waals surface area contributed by atoms with Crippen molar-refractivity contribution in [2.24, 2.45) is 7.05 Å². The Kier molecular flexibility index (Phi) is 4.54. The van der Waals surface area contributed by atoms with Crippen LogP contribution in [-0.4, -0.2) is 41.7 Å². The normalized spacial score (nSPS) is 15.9. The molecule has 0 saturated heterocycles. The molecule has 0 N–H and O–H groups in total. The molecule has 4 aromatic rings. The highest BCUT2D eigenvalue weighted by atomic mass is 19.2. The van der Waals surface area contributed by atoms with Gasteiger partial charge in [0.1, 0.15) is 5.56 Å². The number of nitrogens with zero attached hydrogens (tertiary/aromatic N) is 6. The number of carbonyl (C=O) groups is 1. The number of aryl methyl sites for hydroxylation is 2. The summed E-state index contributed by atoms with van der Waals surface area (Å²) in [5.41, 5.74) is 3.85. The van der Waals surface area contributed by atoms with Crippen LogP contribution in [0.4, 0.5) is 13.2 Å². The van der Waals surface area contributed by atoms with Gasteiger partial charge in [-0.15, -0.1) is 0 Å². The molecule has 5 rings (SSSR count). The highest BCUT2D eigenvalue weighted by Crippen LogP contribution is 2.37. The van der Waals surface area contributed by atoms with Crippen molar-refractivity contribution in [3.8, 4) is 11.3 Å². The Morgan fingerprint density at radius 3 is 2.62 bits per heavy atom. The van der Waals surface area contributed by atoms with E-state index in [0.29, 0.717) is 35.6 Å². The summed E-state index contributed by atoms with van der Waals surface area (Å²) in [6.07, 6.45) is 3.57. The molecule has 164 valence electrons. The fourth-order valence-corrected chi connectivity index (χ4v) is 4.39. The predicted octanol–water partition coefficient (Wildman–Crippen LogP) is 3.62. The lowest BCUT2D eigenvalue weighted by molar-refractivity contribution is 0.0675. The molecule has 0 radical (unpaired) electrons. The van der Waals surface area contributed by atoms with Gasteiger partial charge in [0.15, 0.2) is 23.1 Å². The van der Waals surface area contributed by atoms with Crippen molar-refractivity contribution >= 4 is 11.6 Å². The third-order valence-electron chi connectivity index (χ3n) is 5.98. The van der Waals surface area contributed by atoms with E-state index in [1.165, 1.54) is 10.9 Å². The molecule has 3 aromatic heterocycles. The number of benzene rings is 1. The Morgan fingerprint density at radius 2 is 1.91 bits per heavy atom. The van der Waals surface area contributed by atoms with Crippen LogP contribution in [0.1, 0.15) is 40.3 Å². The number of rotatable bonds is 2. The number of aromatic nitrogens is 5. The van der Waals surface area contributed by atoms with Crippen molar-refractivity contribution in [2.75, 3.05) is 6.54 Å². The molecule has 32 heavy (non-hydrogen) atoms. The molecule has 0 spiro atoms. The summed E-state index contributed by atoms with van der Waals surface area (Å²) in [4.78, 5) is 19.3. The van der Waals surface area contributed by atoms with Crippen LogP contribution in [0.3, 0.4) is 0 Å². The molecule has 1 aliphatic rings. The molecule has 0 unspecified atom stereocenters. The number of halogens is 3. The molecule has 0 aliphatic carbocycles. The zero-order valence-corrected chi connectivity index (χ0v) is 17.6. The summed E-state index contributed by atoms with van der Waals surface area (Å²) in [7, 11) is 1.66. The maximum Gasteiger partial charge on any atom is 0.259 e. The molecule has 0 bridgehead atoms. The van der Waals surface area contributed by atoms with Crippen molar-refractivity contribution in [1.82, 2.24) is 29.3 Å². The van der Waals surface area contributed by atoms with Gasteiger partial charge in [-0.1, -0.05) is 0 Å². The molecular weight excluding hydrogens is 421 g/mol. The molecule has 0 saturated carbocycles. The van der Waals surface area contributed by atoms with E-state index >= 15 is 0 Å². The van der Waals surface area contributed by atoms with Crippen LogP contribution >= 0.6 is 0 Å². The van der Waals surface area contributed by atoms with Gasteiger partial charge in [0.05, 0.1) is 23.6 Å². The number of amides is 1. The van der Waals surface area contributed by atoms with Gasteiger partial charge < -0.3 is 4.90 Å². The van der Waals surface area contributed by atoms with Gasteiger partial charge in [-0.3, -0.25) is 9.48 Å². The molecule has 1 aromatic carbocycles. The van der Waals surface area contributed by atoms with E-state index in [9.17, 15) is 18.0 Å². The summed E-state index contributed by atoms with van der Waals surface area (Å²) in [6.45, 7) is 4.10. The first-order valence-electron chi connectivity index (χ1n) is 10.1. The summed E-state index contributed by atoms with van der Waals surface area (Å²) in [6, 6.07) is 3.34. The molecule has 10 heteroatoms. The second-order valence-corrected chi connectivity index (χ2v) is 7.89. The molecular formula is C22H19F3N6O. The van der Waals surface area contributed by atoms with E-state index in [-0.39, 0.29) is 17.5 Å². The van der Waals surface area contributed by atoms with E-state index in [0.717, 1.165) is 23.4 Å². The Morgan fingerprint density at radius 1 is 1.19 bits per heavy atom. The second-order valence-electron chi connectivity index (χ2n) is 7.89. The fraction of sp³-hybridized carbons (Fsp3) is 0.273. The monoisotopic (exact) mass is 440 g/mol. The first kappa shape index (κ1) is 20.2. The number of hydrogen-bond acceptors (Lipinski definition) is 4. The number of fused-ring (bicyclic) bond motifs is 2. The van der Waals surface area contributed by atoms with E-state index in [4.69, 9.17) is 0 Å². The van der Waals surface area contributed by atoms with Crippen molar-refractivity contribution in [1.29, 1.82) is 0 Å². The average Bonchev–Trinajstić information content (AvgIpc) is 3.34. The van der Waals surface area contributed by atoms with Gasteiger partial charge in [-0.25, -0.2) is 22.7 Å². The number of carbonyl (C=O) groups excluding carboxylic acids is 1. The molecule has 1 aliphatic heterocycles. The van der Waals surface area contributed by atoms with E-state index in [1.807, 2.05) is 13.8 Å². The van der Waals surface area contributed by atoms with Gasteiger partial charge in [0, 0.05) is 36.6 Å². The van der Waals surface area contributed by atoms with Crippen molar-refractivity contribution in [2.45, 2.75) is 26.3 Å². The van der Waals surface area contributed by atoms with Gasteiger partial charge in [0.25, 0.3) is 5.91 Å². The minimum absolute atomic E-state index is 0.201. The van der Waals surface area contributed by atoms with Crippen LogP contribution in [0.5, 0.6) is 0 Å². The number of hydrogen-bond donors (Lipinski definition) is 0. The first-order chi connectivity index (χ1) is 15.3. The largest absolute Gasteiger partial charge is 0.330 e. The SMILES string of the molecule is Cc1ccnc2c(C(=O)N3CCc4c(nn(C)c4-c4cc(F)c(F)c(F)c4)[C@@H]3C)cnn12. The Bertz CT molecular complexity index is 1370. The zero-order chi connectivity index (χ0) is 22.7. The minimum Gasteiger partial charge on any atom is -0.330 e. The van der Waals surface area contributed by atoms with E-state index in [2.05, 4.69) is 15.2 Å². The fourth-order valence-electron chi connectivity index (χ4n) is 4.39. The highest BCUT2D eigenvalue weighted by Gasteiger charge is 2.34. The summed E-state index contributed by atoms with van der Waals surface area (Å²) < 4.78 is 44.3. The predicted molar refractivity (Wildman–Crippen MR) is 109 cm³/mol. The Balaban J connectivity index is 1.53. The van der Waals surface area contributed by atoms with Crippen LogP contribution in [0.25, 0.3) is 16.9 Å². The molecule has 4 heterocycles. The van der Waals surface area contributed by atoms with Crippen LogP contribution in [0, 0.1) is 24.4 Å². The smallest absolute Gasteiger partial charge is 0.259 e. The first-order valence-corrected chi connectivity index (χ1v) is 10.1. The Hall–Kier alpha value is -3.69. The van der Waals surface area contributed by atoms with E-state index < -0.39 is 17.5 Å². The Labute approximate surface area is 181 Å². The molecule has 7 nitrogen and oxygen atoms in total. The van der Waals surface area contributed by atoms with Gasteiger partial charge in [0.2, 0.25) is 0 Å². The third kappa shape index (κ3) is 2.89. The average molecular weight is 440 g/mol. The summed E-state index contributed by atoms with van der Waals surface area (Å²) >= 11 is 0. The third-order valence-corrected chi connectivity index (χ3v) is 5.98. The molecule has 1 atom stereocenters. The van der Waals surface area contributed by atoms with Crippen LogP contribution in [0.2, 0.25) is 0 Å². The van der Waals surface area contributed by atoms with Crippen molar-refractivity contribution in [3.05, 3.63) is 70.6 Å². The highest BCUT2D eigenvalue weighted by molar-refractivity contribution is 6.00. The van der Waals surface area contributed by atoms with Gasteiger partial charge >= 0.3 is 0 Å². The zero-order valence-electron chi connectivity index (χ0n) is 17.6. The second kappa shape index (κ2) is 7.18. The quantitative estimate of drug-likeness (QED) is 0.447. The molecule has 1 amide bonds. The van der Waals surface area contributed by atoms with Crippen molar-refractivity contribution in [3.63, 3.8) is 0 Å². The van der Waals surface area contributed by atoms with Gasteiger partial charge in [-0.2, -0.15) is 10.2 Å². The van der Waals surface area contributed by atoms with Crippen molar-refractivity contribution < 1.29 is 18.0 Å². The maximum absolute atomic E-state index is 13.8. The van der Waals surface area contributed by atoms with E-state index in [1.54, 1.807) is 28.7 Å². The lowest BCUT2D eigenvalue weighted by Crippen LogP contribution is -2.39. The molecule has 0 fully saturated rings. The maximum atomic E-state index is 13.8. The lowest BCUT2D eigenvalue weighted by Gasteiger charge is -2.32. The topological polar surface area (TPSA) is 68.3 Å². The van der Waals surface area contributed by atoms with Crippen LogP contribution in [0.15, 0.2) is 30.6 Å². The summed E-state index contributed by atoms with van der Waals surface area (Å²) in [5.74, 6) is -4.24. The standard InChI is InChI=1S/C22H19F3N6O/c1-11-4-6-26-21-15(10-27-31(11)21)22(32)30-7-5-14-19(12(30)2)28-29(3)20(14)13-8-16(23)18(25)17(24)9-13/h4,6,8-10,12H,5,7H2,1-3H3/t12-/m0/s1. The van der Waals surface area contributed by atoms with Gasteiger partial charge in [-0.05, 0) is 38.5 Å². The summed E-state index contributed by atoms with van der Waals surface area (Å²) in [5, 5.41) is 8.80.